The number of methoxy groups -OCH3 is 1. The van der Waals surface area contributed by atoms with Gasteiger partial charge >= 0.3 is 5.97 Å². The minimum atomic E-state index is -3.32. The molecule has 0 spiro atoms. The number of furan rings is 1. The number of nitrogens with zero attached hydrogens (tertiary/aromatic N) is 2. The Morgan fingerprint density at radius 3 is 2.42 bits per heavy atom. The normalized spacial score (nSPS) is 16.5. The number of ether oxygens (including phenoxy) is 1. The number of rotatable bonds is 6. The lowest BCUT2D eigenvalue weighted by Crippen LogP contribution is -2.48. The Bertz CT molecular complexity index is 839. The Labute approximate surface area is 153 Å². The lowest BCUT2D eigenvalue weighted by Gasteiger charge is -2.33. The Kier molecular flexibility index (Phi) is 5.75. The quantitative estimate of drug-likeness (QED) is 0.712. The molecule has 0 radical (unpaired) electrons. The number of sulfonamides is 1. The fraction of sp³-hybridized carbons (Fsp3) is 0.389. The summed E-state index contributed by atoms with van der Waals surface area (Å²) in [6.45, 7) is 2.65. The van der Waals surface area contributed by atoms with E-state index in [-0.39, 0.29) is 11.5 Å². The molecular formula is C18H22N2O5S. The van der Waals surface area contributed by atoms with Crippen molar-refractivity contribution in [1.29, 1.82) is 0 Å². The summed E-state index contributed by atoms with van der Waals surface area (Å²) in [6, 6.07) is 12.5. The van der Waals surface area contributed by atoms with Crippen molar-refractivity contribution >= 4 is 16.0 Å². The molecule has 1 aromatic carbocycles. The zero-order valence-corrected chi connectivity index (χ0v) is 15.4. The lowest BCUT2D eigenvalue weighted by atomic mass is 10.2. The molecule has 0 unspecified atom stereocenters. The maximum atomic E-state index is 12.6. The van der Waals surface area contributed by atoms with Crippen LogP contribution >= 0.6 is 0 Å². The molecule has 140 valence electrons. The molecule has 1 aromatic heterocycles. The summed E-state index contributed by atoms with van der Waals surface area (Å²) in [4.78, 5) is 13.5. The van der Waals surface area contributed by atoms with E-state index < -0.39 is 16.0 Å². The second-order valence-corrected chi connectivity index (χ2v) is 8.14. The standard InChI is InChI=1S/C18H22N2O5S/c1-24-18(21)17-8-7-16(25-17)13-19-9-11-20(12-10-19)26(22,23)14-15-5-3-2-4-6-15/h2-8H,9-14H2,1H3. The van der Waals surface area contributed by atoms with Gasteiger partial charge < -0.3 is 9.15 Å². The molecule has 3 rings (SSSR count). The highest BCUT2D eigenvalue weighted by Gasteiger charge is 2.27. The van der Waals surface area contributed by atoms with Crippen LogP contribution in [0.3, 0.4) is 0 Å². The molecule has 0 bridgehead atoms. The van der Waals surface area contributed by atoms with Gasteiger partial charge in [0.15, 0.2) is 0 Å². The van der Waals surface area contributed by atoms with Gasteiger partial charge in [0.2, 0.25) is 15.8 Å². The number of hydrogen-bond donors (Lipinski definition) is 0. The highest BCUT2D eigenvalue weighted by molar-refractivity contribution is 7.88. The van der Waals surface area contributed by atoms with Crippen LogP contribution in [0.4, 0.5) is 0 Å². The van der Waals surface area contributed by atoms with E-state index in [1.165, 1.54) is 7.11 Å². The first-order valence-corrected chi connectivity index (χ1v) is 10.00. The molecule has 0 N–H and O–H groups in total. The van der Waals surface area contributed by atoms with Crippen LogP contribution in [0.5, 0.6) is 0 Å². The molecule has 1 aliphatic heterocycles. The average molecular weight is 378 g/mol. The second kappa shape index (κ2) is 8.03. The summed E-state index contributed by atoms with van der Waals surface area (Å²) >= 11 is 0. The average Bonchev–Trinajstić information content (AvgIpc) is 3.10. The van der Waals surface area contributed by atoms with Crippen molar-refractivity contribution in [3.05, 3.63) is 59.5 Å². The Hall–Kier alpha value is -2.16. The van der Waals surface area contributed by atoms with Gasteiger partial charge in [-0.25, -0.2) is 13.2 Å². The van der Waals surface area contributed by atoms with Gasteiger partial charge in [-0.15, -0.1) is 0 Å². The van der Waals surface area contributed by atoms with E-state index >= 15 is 0 Å². The number of carbonyl (C=O) groups is 1. The first-order chi connectivity index (χ1) is 12.5. The lowest BCUT2D eigenvalue weighted by molar-refractivity contribution is 0.0560. The monoisotopic (exact) mass is 378 g/mol. The van der Waals surface area contributed by atoms with Crippen LogP contribution in [-0.4, -0.2) is 56.9 Å². The molecular weight excluding hydrogens is 356 g/mol. The minimum Gasteiger partial charge on any atom is -0.463 e. The van der Waals surface area contributed by atoms with Crippen LogP contribution in [0.2, 0.25) is 0 Å². The van der Waals surface area contributed by atoms with E-state index in [0.717, 1.165) is 5.56 Å². The zero-order valence-electron chi connectivity index (χ0n) is 14.6. The van der Waals surface area contributed by atoms with Gasteiger partial charge in [0, 0.05) is 26.2 Å². The first kappa shape index (κ1) is 18.6. The molecule has 8 heteroatoms. The van der Waals surface area contributed by atoms with Crippen molar-refractivity contribution in [3.63, 3.8) is 0 Å². The van der Waals surface area contributed by atoms with Crippen molar-refractivity contribution in [1.82, 2.24) is 9.21 Å². The van der Waals surface area contributed by atoms with Crippen LogP contribution in [-0.2, 0) is 27.1 Å². The maximum Gasteiger partial charge on any atom is 0.373 e. The van der Waals surface area contributed by atoms with E-state index in [2.05, 4.69) is 9.64 Å². The van der Waals surface area contributed by atoms with Crippen LogP contribution in [0.15, 0.2) is 46.9 Å². The highest BCUT2D eigenvalue weighted by Crippen LogP contribution is 2.16. The smallest absolute Gasteiger partial charge is 0.373 e. The summed E-state index contributed by atoms with van der Waals surface area (Å²) in [6.07, 6.45) is 0. The predicted octanol–water partition coefficient (Wildman–Crippen LogP) is 1.71. The van der Waals surface area contributed by atoms with Gasteiger partial charge in [-0.05, 0) is 17.7 Å². The van der Waals surface area contributed by atoms with Gasteiger partial charge in [0.1, 0.15) is 5.76 Å². The van der Waals surface area contributed by atoms with Gasteiger partial charge in [0.05, 0.1) is 19.4 Å². The maximum absolute atomic E-state index is 12.6. The number of carbonyl (C=O) groups excluding carboxylic acids is 1. The molecule has 0 amide bonds. The number of piperazine rings is 1. The summed E-state index contributed by atoms with van der Waals surface area (Å²) in [5, 5.41) is 0. The molecule has 0 atom stereocenters. The van der Waals surface area contributed by atoms with Crippen molar-refractivity contribution in [2.45, 2.75) is 12.3 Å². The SMILES string of the molecule is COC(=O)c1ccc(CN2CCN(S(=O)(=O)Cc3ccccc3)CC2)o1. The number of hydrogen-bond acceptors (Lipinski definition) is 6. The third-order valence-corrected chi connectivity index (χ3v) is 6.19. The molecule has 26 heavy (non-hydrogen) atoms. The summed E-state index contributed by atoms with van der Waals surface area (Å²) in [5.74, 6) is 0.347. The number of esters is 1. The Balaban J connectivity index is 1.54. The van der Waals surface area contributed by atoms with E-state index in [9.17, 15) is 13.2 Å². The van der Waals surface area contributed by atoms with Gasteiger partial charge in [-0.1, -0.05) is 30.3 Å². The van der Waals surface area contributed by atoms with E-state index in [4.69, 9.17) is 4.42 Å². The van der Waals surface area contributed by atoms with Crippen molar-refractivity contribution in [2.24, 2.45) is 0 Å². The summed E-state index contributed by atoms with van der Waals surface area (Å²) in [7, 11) is -2.02. The van der Waals surface area contributed by atoms with E-state index in [0.29, 0.717) is 38.5 Å². The van der Waals surface area contributed by atoms with Gasteiger partial charge in [0.25, 0.3) is 0 Å². The zero-order chi connectivity index (χ0) is 18.6. The van der Waals surface area contributed by atoms with Gasteiger partial charge in [-0.3, -0.25) is 4.90 Å². The molecule has 1 aliphatic rings. The molecule has 0 aliphatic carbocycles. The van der Waals surface area contributed by atoms with E-state index in [1.54, 1.807) is 16.4 Å². The largest absolute Gasteiger partial charge is 0.463 e. The van der Waals surface area contributed by atoms with Crippen LogP contribution in [0, 0.1) is 0 Å². The fourth-order valence-electron chi connectivity index (χ4n) is 2.94. The Morgan fingerprint density at radius 1 is 1.08 bits per heavy atom. The Morgan fingerprint density at radius 2 is 1.77 bits per heavy atom. The number of benzene rings is 1. The molecule has 1 saturated heterocycles. The van der Waals surface area contributed by atoms with E-state index in [1.807, 2.05) is 30.3 Å². The molecule has 0 saturated carbocycles. The molecule has 2 aromatic rings. The summed E-state index contributed by atoms with van der Waals surface area (Å²) < 4.78 is 36.8. The van der Waals surface area contributed by atoms with Crippen molar-refractivity contribution in [2.75, 3.05) is 33.3 Å². The topological polar surface area (TPSA) is 80.1 Å². The third-order valence-electron chi connectivity index (χ3n) is 4.34. The molecule has 1 fully saturated rings. The second-order valence-electron chi connectivity index (χ2n) is 6.17. The van der Waals surface area contributed by atoms with Crippen molar-refractivity contribution in [3.8, 4) is 0 Å². The highest BCUT2D eigenvalue weighted by atomic mass is 32.2. The predicted molar refractivity (Wildman–Crippen MR) is 96.0 cm³/mol. The first-order valence-electron chi connectivity index (χ1n) is 8.39. The molecule has 2 heterocycles. The van der Waals surface area contributed by atoms with Crippen LogP contribution < -0.4 is 0 Å². The fourth-order valence-corrected chi connectivity index (χ4v) is 4.45. The van der Waals surface area contributed by atoms with Crippen LogP contribution in [0.25, 0.3) is 0 Å². The molecule has 7 nitrogen and oxygen atoms in total. The van der Waals surface area contributed by atoms with Crippen molar-refractivity contribution < 1.29 is 22.4 Å². The third kappa shape index (κ3) is 4.51. The van der Waals surface area contributed by atoms with Crippen LogP contribution in [0.1, 0.15) is 21.9 Å². The summed E-state index contributed by atoms with van der Waals surface area (Å²) in [5.41, 5.74) is 0.792. The minimum absolute atomic E-state index is 0.0223. The van der Waals surface area contributed by atoms with Gasteiger partial charge in [-0.2, -0.15) is 4.31 Å².